The highest BCUT2D eigenvalue weighted by Crippen LogP contribution is 2.24. The first-order valence-corrected chi connectivity index (χ1v) is 6.19. The van der Waals surface area contributed by atoms with Gasteiger partial charge in [0.2, 0.25) is 0 Å². The zero-order chi connectivity index (χ0) is 12.3. The number of halogens is 1. The average Bonchev–Trinajstić information content (AvgIpc) is 2.58. The highest BCUT2D eigenvalue weighted by molar-refractivity contribution is 9.09. The maximum atomic E-state index is 11.3. The molecule has 1 heterocycles. The standard InChI is InChI=1S/C11H17BrN2O2/c1-11(2,7-12)6-8-5-9(10(15)16-4)13-14(8)3/h5H,6-7H2,1-4H3. The van der Waals surface area contributed by atoms with Gasteiger partial charge in [0.15, 0.2) is 5.69 Å². The van der Waals surface area contributed by atoms with Crippen molar-refractivity contribution in [3.63, 3.8) is 0 Å². The Labute approximate surface area is 104 Å². The molecule has 0 saturated carbocycles. The van der Waals surface area contributed by atoms with Crippen molar-refractivity contribution in [2.45, 2.75) is 20.3 Å². The van der Waals surface area contributed by atoms with Crippen LogP contribution in [0.4, 0.5) is 0 Å². The van der Waals surface area contributed by atoms with Crippen molar-refractivity contribution in [2.75, 3.05) is 12.4 Å². The second-order valence-electron chi connectivity index (χ2n) is 4.61. The van der Waals surface area contributed by atoms with Crippen LogP contribution in [0.1, 0.15) is 30.0 Å². The number of carbonyl (C=O) groups is 1. The Bertz CT molecular complexity index is 385. The van der Waals surface area contributed by atoms with Gasteiger partial charge in [-0.15, -0.1) is 0 Å². The molecule has 0 N–H and O–H groups in total. The molecule has 0 aromatic carbocycles. The van der Waals surface area contributed by atoms with Gasteiger partial charge in [-0.3, -0.25) is 4.68 Å². The van der Waals surface area contributed by atoms with Gasteiger partial charge in [0.05, 0.1) is 7.11 Å². The van der Waals surface area contributed by atoms with E-state index in [1.165, 1.54) is 7.11 Å². The van der Waals surface area contributed by atoms with Gasteiger partial charge in [-0.2, -0.15) is 5.10 Å². The van der Waals surface area contributed by atoms with Crippen LogP contribution in [0.3, 0.4) is 0 Å². The van der Waals surface area contributed by atoms with Crippen LogP contribution in [0.25, 0.3) is 0 Å². The van der Waals surface area contributed by atoms with Gasteiger partial charge in [-0.25, -0.2) is 4.79 Å². The minimum absolute atomic E-state index is 0.140. The van der Waals surface area contributed by atoms with Crippen molar-refractivity contribution in [2.24, 2.45) is 12.5 Å². The molecule has 0 bridgehead atoms. The quantitative estimate of drug-likeness (QED) is 0.630. The zero-order valence-electron chi connectivity index (χ0n) is 10.1. The van der Waals surface area contributed by atoms with Crippen molar-refractivity contribution >= 4 is 21.9 Å². The van der Waals surface area contributed by atoms with E-state index < -0.39 is 5.97 Å². The fourth-order valence-electron chi connectivity index (χ4n) is 1.41. The summed E-state index contributed by atoms with van der Waals surface area (Å²) in [4.78, 5) is 11.3. The molecule has 0 aliphatic carbocycles. The second kappa shape index (κ2) is 4.99. The third-order valence-electron chi connectivity index (χ3n) is 2.39. The lowest BCUT2D eigenvalue weighted by Crippen LogP contribution is -2.18. The number of rotatable bonds is 4. The summed E-state index contributed by atoms with van der Waals surface area (Å²) in [7, 11) is 3.20. The molecule has 5 heteroatoms. The van der Waals surface area contributed by atoms with Crippen LogP contribution in [-0.4, -0.2) is 28.2 Å². The first kappa shape index (κ1) is 13.2. The highest BCUT2D eigenvalue weighted by atomic mass is 79.9. The number of aromatic nitrogens is 2. The smallest absolute Gasteiger partial charge is 0.358 e. The van der Waals surface area contributed by atoms with Crippen LogP contribution in [-0.2, 0) is 18.2 Å². The van der Waals surface area contributed by atoms with Gasteiger partial charge < -0.3 is 4.74 Å². The number of esters is 1. The monoisotopic (exact) mass is 288 g/mol. The van der Waals surface area contributed by atoms with E-state index in [1.54, 1.807) is 10.7 Å². The fourth-order valence-corrected chi connectivity index (χ4v) is 1.61. The van der Waals surface area contributed by atoms with Crippen molar-refractivity contribution in [1.29, 1.82) is 0 Å². The molecule has 0 fully saturated rings. The van der Waals surface area contributed by atoms with Crippen molar-refractivity contribution in [3.8, 4) is 0 Å². The van der Waals surface area contributed by atoms with Gasteiger partial charge in [-0.1, -0.05) is 29.8 Å². The Hall–Kier alpha value is -0.840. The second-order valence-corrected chi connectivity index (χ2v) is 5.17. The Morgan fingerprint density at radius 1 is 1.62 bits per heavy atom. The van der Waals surface area contributed by atoms with E-state index in [1.807, 2.05) is 7.05 Å². The van der Waals surface area contributed by atoms with Gasteiger partial charge in [-0.05, 0) is 17.9 Å². The summed E-state index contributed by atoms with van der Waals surface area (Å²) < 4.78 is 6.37. The van der Waals surface area contributed by atoms with E-state index in [-0.39, 0.29) is 5.41 Å². The molecule has 0 atom stereocenters. The lowest BCUT2D eigenvalue weighted by Gasteiger charge is -2.21. The van der Waals surface area contributed by atoms with Gasteiger partial charge in [0.25, 0.3) is 0 Å². The van der Waals surface area contributed by atoms with E-state index >= 15 is 0 Å². The number of carbonyl (C=O) groups excluding carboxylic acids is 1. The van der Waals surface area contributed by atoms with E-state index in [0.29, 0.717) is 5.69 Å². The maximum Gasteiger partial charge on any atom is 0.358 e. The number of nitrogens with zero attached hydrogens (tertiary/aromatic N) is 2. The fraction of sp³-hybridized carbons (Fsp3) is 0.636. The van der Waals surface area contributed by atoms with Gasteiger partial charge in [0.1, 0.15) is 0 Å². The summed E-state index contributed by atoms with van der Waals surface area (Å²) in [5, 5.41) is 5.03. The topological polar surface area (TPSA) is 44.1 Å². The minimum atomic E-state index is -0.390. The number of hydrogen-bond donors (Lipinski definition) is 0. The van der Waals surface area contributed by atoms with Crippen LogP contribution in [0.5, 0.6) is 0 Å². The Balaban J connectivity index is 2.90. The number of alkyl halides is 1. The summed E-state index contributed by atoms with van der Waals surface area (Å²) >= 11 is 3.48. The minimum Gasteiger partial charge on any atom is -0.464 e. The van der Waals surface area contributed by atoms with Crippen LogP contribution in [0, 0.1) is 5.41 Å². The van der Waals surface area contributed by atoms with E-state index in [0.717, 1.165) is 17.4 Å². The third kappa shape index (κ3) is 3.07. The molecule has 4 nitrogen and oxygen atoms in total. The number of ether oxygens (including phenoxy) is 1. The number of methoxy groups -OCH3 is 1. The van der Waals surface area contributed by atoms with E-state index in [2.05, 4.69) is 39.6 Å². The van der Waals surface area contributed by atoms with Crippen LogP contribution in [0.15, 0.2) is 6.07 Å². The predicted molar refractivity (Wildman–Crippen MR) is 65.8 cm³/mol. The summed E-state index contributed by atoms with van der Waals surface area (Å²) in [5.74, 6) is -0.390. The van der Waals surface area contributed by atoms with Crippen molar-refractivity contribution < 1.29 is 9.53 Å². The molecular formula is C11H17BrN2O2. The Morgan fingerprint density at radius 3 is 2.75 bits per heavy atom. The Morgan fingerprint density at radius 2 is 2.25 bits per heavy atom. The first-order valence-electron chi connectivity index (χ1n) is 5.07. The molecule has 0 amide bonds. The molecule has 16 heavy (non-hydrogen) atoms. The molecule has 1 aromatic rings. The average molecular weight is 289 g/mol. The molecule has 0 aliphatic heterocycles. The van der Waals surface area contributed by atoms with Gasteiger partial charge >= 0.3 is 5.97 Å². The van der Waals surface area contributed by atoms with Crippen LogP contribution >= 0.6 is 15.9 Å². The summed E-state index contributed by atoms with van der Waals surface area (Å²) in [6.07, 6.45) is 0.860. The molecule has 90 valence electrons. The highest BCUT2D eigenvalue weighted by Gasteiger charge is 2.21. The molecule has 0 unspecified atom stereocenters. The lowest BCUT2D eigenvalue weighted by molar-refractivity contribution is 0.0593. The van der Waals surface area contributed by atoms with Crippen LogP contribution in [0.2, 0.25) is 0 Å². The summed E-state index contributed by atoms with van der Waals surface area (Å²) in [5.41, 5.74) is 1.54. The molecule has 1 aromatic heterocycles. The maximum absolute atomic E-state index is 11.3. The van der Waals surface area contributed by atoms with Crippen molar-refractivity contribution in [3.05, 3.63) is 17.5 Å². The normalized spacial score (nSPS) is 11.6. The first-order chi connectivity index (χ1) is 7.39. The van der Waals surface area contributed by atoms with Gasteiger partial charge in [0, 0.05) is 18.1 Å². The number of hydrogen-bond acceptors (Lipinski definition) is 3. The SMILES string of the molecule is COC(=O)c1cc(CC(C)(C)CBr)n(C)n1. The molecular weight excluding hydrogens is 272 g/mol. The summed E-state index contributed by atoms with van der Waals surface area (Å²) in [6, 6.07) is 1.79. The zero-order valence-corrected chi connectivity index (χ0v) is 11.7. The lowest BCUT2D eigenvalue weighted by atomic mass is 9.90. The van der Waals surface area contributed by atoms with Crippen LogP contribution < -0.4 is 0 Å². The predicted octanol–water partition coefficient (Wildman–Crippen LogP) is 2.17. The largest absolute Gasteiger partial charge is 0.464 e. The van der Waals surface area contributed by atoms with E-state index in [4.69, 9.17) is 0 Å². The Kier molecular flexibility index (Phi) is 4.13. The summed E-state index contributed by atoms with van der Waals surface area (Å²) in [6.45, 7) is 4.32. The molecule has 0 saturated heterocycles. The molecule has 0 aliphatic rings. The van der Waals surface area contributed by atoms with E-state index in [9.17, 15) is 4.79 Å². The molecule has 1 rings (SSSR count). The van der Waals surface area contributed by atoms with Crippen molar-refractivity contribution in [1.82, 2.24) is 9.78 Å². The number of aryl methyl sites for hydroxylation is 1. The third-order valence-corrected chi connectivity index (χ3v) is 3.91. The molecule has 0 radical (unpaired) electrons. The molecule has 0 spiro atoms.